The van der Waals surface area contributed by atoms with Crippen LogP contribution in [0.2, 0.25) is 0 Å². The zero-order valence-electron chi connectivity index (χ0n) is 58.1. The predicted octanol–water partition coefficient (Wildman–Crippen LogP) is 27.5. The molecule has 1 rings (SSSR count). The highest BCUT2D eigenvalue weighted by molar-refractivity contribution is 5.73. The van der Waals surface area contributed by atoms with Crippen molar-refractivity contribution >= 4 is 0 Å². The second-order valence-corrected chi connectivity index (χ2v) is 26.2. The summed E-state index contributed by atoms with van der Waals surface area (Å²) in [6, 6.07) is 0. The molecule has 0 saturated carbocycles. The summed E-state index contributed by atoms with van der Waals surface area (Å²) in [4.78, 5) is 0. The molecule has 0 aliphatic rings. The molecule has 1 aromatic rings. The number of ether oxygens (including phenoxy) is 6. The molecule has 0 spiro atoms. The van der Waals surface area contributed by atoms with E-state index in [2.05, 4.69) is 41.5 Å². The largest absolute Gasteiger partial charge is 0.486 e. The summed E-state index contributed by atoms with van der Waals surface area (Å²) in [5, 5.41) is 0. The maximum atomic E-state index is 7.14. The van der Waals surface area contributed by atoms with Crippen LogP contribution in [0.4, 0.5) is 0 Å². The van der Waals surface area contributed by atoms with E-state index < -0.39 is 0 Å². The van der Waals surface area contributed by atoms with Crippen LogP contribution < -0.4 is 28.4 Å². The zero-order chi connectivity index (χ0) is 60.4. The van der Waals surface area contributed by atoms with E-state index in [4.69, 9.17) is 28.4 Å². The van der Waals surface area contributed by atoms with Gasteiger partial charge in [0.1, 0.15) is 0 Å². The molecule has 0 radical (unpaired) electrons. The summed E-state index contributed by atoms with van der Waals surface area (Å²) in [6.07, 6.45) is 77.5. The third-order valence-corrected chi connectivity index (χ3v) is 17.7. The van der Waals surface area contributed by atoms with E-state index in [1.807, 2.05) is 0 Å². The Labute approximate surface area is 526 Å². The first kappa shape index (κ1) is 80.0. The summed E-state index contributed by atoms with van der Waals surface area (Å²) in [7, 11) is 0. The quantitative estimate of drug-likeness (QED) is 0.0606. The lowest BCUT2D eigenvalue weighted by molar-refractivity contribution is 0.188. The first-order valence-electron chi connectivity index (χ1n) is 38.7. The van der Waals surface area contributed by atoms with Gasteiger partial charge in [-0.3, -0.25) is 0 Å². The Morgan fingerprint density at radius 2 is 0.202 bits per heavy atom. The zero-order valence-corrected chi connectivity index (χ0v) is 58.1. The number of hydrogen-bond donors (Lipinski definition) is 0. The normalized spacial score (nSPS) is 11.5. The Hall–Kier alpha value is -1.98. The molecule has 0 heterocycles. The lowest BCUT2D eigenvalue weighted by atomic mass is 10.1. The molecule has 0 saturated heterocycles. The van der Waals surface area contributed by atoms with E-state index in [1.54, 1.807) is 0 Å². The maximum Gasteiger partial charge on any atom is 0.211 e. The molecule has 0 aliphatic heterocycles. The second kappa shape index (κ2) is 67.0. The highest BCUT2D eigenvalue weighted by Gasteiger charge is 2.32. The fourth-order valence-electron chi connectivity index (χ4n) is 12.0. The fraction of sp³-hybridized carbons (Fsp3) is 0.923. The van der Waals surface area contributed by atoms with Crippen LogP contribution in [0.3, 0.4) is 0 Å². The van der Waals surface area contributed by atoms with Gasteiger partial charge in [-0.1, -0.05) is 388 Å². The summed E-state index contributed by atoms with van der Waals surface area (Å²) < 4.78 is 42.8. The molecule has 0 fully saturated rings. The summed E-state index contributed by atoms with van der Waals surface area (Å²) in [5.41, 5.74) is 0. The van der Waals surface area contributed by atoms with Crippen LogP contribution in [0, 0.1) is 0 Å². The third kappa shape index (κ3) is 49.9. The molecular weight excluding hydrogens is 1030 g/mol. The minimum Gasteiger partial charge on any atom is -0.486 e. The van der Waals surface area contributed by atoms with Crippen molar-refractivity contribution in [2.45, 2.75) is 427 Å². The molecule has 0 N–H and O–H groups in total. The number of hydrogen-bond acceptors (Lipinski definition) is 6. The van der Waals surface area contributed by atoms with Crippen molar-refractivity contribution in [1.29, 1.82) is 0 Å². The molecular formula is C78H150O6. The minimum absolute atomic E-state index is 0.619. The Bertz CT molecular complexity index is 1140. The van der Waals surface area contributed by atoms with Crippen LogP contribution in [-0.2, 0) is 0 Å². The molecule has 0 aromatic heterocycles. The Balaban J connectivity index is 3.71. The maximum absolute atomic E-state index is 7.14. The standard InChI is InChI=1S/C78H150O6/c1-7-13-19-25-31-37-43-49-55-61-67-79-73-74(80-68-62-56-50-44-38-32-26-20-14-8-2)76(82-70-64-58-52-46-40-34-28-22-16-10-4)78(84-72-66-60-54-48-42-36-30-24-18-12-6)77(83-71-65-59-53-47-41-35-29-23-17-11-5)75(73)81-69-63-57-51-45-39-33-27-21-15-9-3/h7-72H2,1-6H3. The number of benzene rings is 1. The lowest BCUT2D eigenvalue weighted by Crippen LogP contribution is -2.13. The summed E-state index contributed by atoms with van der Waals surface area (Å²) in [5.74, 6) is 4.13. The van der Waals surface area contributed by atoms with Crippen molar-refractivity contribution in [3.05, 3.63) is 0 Å². The summed E-state index contributed by atoms with van der Waals surface area (Å²) >= 11 is 0. The Morgan fingerprint density at radius 3 is 0.298 bits per heavy atom. The van der Waals surface area contributed by atoms with Gasteiger partial charge >= 0.3 is 0 Å². The van der Waals surface area contributed by atoms with Gasteiger partial charge in [-0.2, -0.15) is 0 Å². The van der Waals surface area contributed by atoms with Crippen molar-refractivity contribution in [2.24, 2.45) is 0 Å². The van der Waals surface area contributed by atoms with E-state index in [-0.39, 0.29) is 0 Å². The highest BCUT2D eigenvalue weighted by atomic mass is 16.6. The number of rotatable bonds is 72. The molecule has 6 heteroatoms. The predicted molar refractivity (Wildman–Crippen MR) is 370 cm³/mol. The average molecular weight is 1180 g/mol. The van der Waals surface area contributed by atoms with Gasteiger partial charge in [0.15, 0.2) is 0 Å². The molecule has 498 valence electrons. The van der Waals surface area contributed by atoms with Crippen LogP contribution in [-0.4, -0.2) is 39.6 Å². The van der Waals surface area contributed by atoms with Crippen molar-refractivity contribution in [3.8, 4) is 34.5 Å². The minimum atomic E-state index is 0.619. The van der Waals surface area contributed by atoms with Gasteiger partial charge in [-0.25, -0.2) is 0 Å². The monoisotopic (exact) mass is 1180 g/mol. The van der Waals surface area contributed by atoms with Crippen molar-refractivity contribution in [1.82, 2.24) is 0 Å². The van der Waals surface area contributed by atoms with Crippen LogP contribution in [0.5, 0.6) is 34.5 Å². The molecule has 0 amide bonds. The number of unbranched alkanes of at least 4 members (excludes halogenated alkanes) is 54. The molecule has 1 aromatic carbocycles. The second-order valence-electron chi connectivity index (χ2n) is 26.2. The molecule has 0 unspecified atom stereocenters. The van der Waals surface area contributed by atoms with Crippen LogP contribution in [0.25, 0.3) is 0 Å². The van der Waals surface area contributed by atoms with E-state index in [1.165, 1.54) is 347 Å². The molecule has 6 nitrogen and oxygen atoms in total. The smallest absolute Gasteiger partial charge is 0.211 e. The van der Waals surface area contributed by atoms with Crippen LogP contribution >= 0.6 is 0 Å². The molecule has 0 bridgehead atoms. The van der Waals surface area contributed by atoms with Gasteiger partial charge in [0.25, 0.3) is 0 Å². The topological polar surface area (TPSA) is 55.4 Å². The first-order valence-corrected chi connectivity index (χ1v) is 38.7. The van der Waals surface area contributed by atoms with Gasteiger partial charge in [-0.05, 0) is 38.5 Å². The average Bonchev–Trinajstić information content (AvgIpc) is 3.49. The molecule has 0 aliphatic carbocycles. The van der Waals surface area contributed by atoms with E-state index in [0.29, 0.717) is 74.1 Å². The molecule has 0 atom stereocenters. The van der Waals surface area contributed by atoms with Gasteiger partial charge in [0.2, 0.25) is 34.5 Å². The van der Waals surface area contributed by atoms with Crippen molar-refractivity contribution in [2.75, 3.05) is 39.6 Å². The van der Waals surface area contributed by atoms with Crippen LogP contribution in [0.15, 0.2) is 0 Å². The van der Waals surface area contributed by atoms with Crippen LogP contribution in [0.1, 0.15) is 427 Å². The van der Waals surface area contributed by atoms with E-state index in [0.717, 1.165) is 38.5 Å². The first-order chi connectivity index (χ1) is 41.7. The van der Waals surface area contributed by atoms with Gasteiger partial charge in [0.05, 0.1) is 39.6 Å². The van der Waals surface area contributed by atoms with E-state index >= 15 is 0 Å². The SMILES string of the molecule is CCCCCCCCCCCCOc1c(OCCCCCCCCCCCC)c(OCCCCCCCCCCCC)c(OCCCCCCCCCCCC)c(OCCCCCCCCCCCC)c1OCCCCCCCCCCCC. The van der Waals surface area contributed by atoms with Crippen molar-refractivity contribution < 1.29 is 28.4 Å². The Kier molecular flexibility index (Phi) is 63.8. The fourth-order valence-corrected chi connectivity index (χ4v) is 12.0. The lowest BCUT2D eigenvalue weighted by Gasteiger charge is -2.26. The van der Waals surface area contributed by atoms with E-state index in [9.17, 15) is 0 Å². The third-order valence-electron chi connectivity index (χ3n) is 17.7. The summed E-state index contributed by atoms with van der Waals surface area (Å²) in [6.45, 7) is 17.6. The van der Waals surface area contributed by atoms with Gasteiger partial charge in [-0.15, -0.1) is 0 Å². The Morgan fingerprint density at radius 1 is 0.119 bits per heavy atom. The highest BCUT2D eigenvalue weighted by Crippen LogP contribution is 2.58. The van der Waals surface area contributed by atoms with Crippen molar-refractivity contribution in [3.63, 3.8) is 0 Å². The van der Waals surface area contributed by atoms with Gasteiger partial charge in [0, 0.05) is 0 Å². The van der Waals surface area contributed by atoms with Gasteiger partial charge < -0.3 is 28.4 Å². The molecule has 84 heavy (non-hydrogen) atoms.